The topological polar surface area (TPSA) is 45.2 Å². The zero-order valence-corrected chi connectivity index (χ0v) is 16.1. The number of hydrogen-bond acceptors (Lipinski definition) is 4. The molecule has 0 saturated carbocycles. The van der Waals surface area contributed by atoms with Gasteiger partial charge in [-0.05, 0) is 56.9 Å². The van der Waals surface area contributed by atoms with Crippen LogP contribution in [0.2, 0.25) is 0 Å². The highest BCUT2D eigenvalue weighted by Crippen LogP contribution is 2.27. The van der Waals surface area contributed by atoms with Gasteiger partial charge in [0, 0.05) is 44.0 Å². The number of hydrogen-bond donors (Lipinski definition) is 1. The van der Waals surface area contributed by atoms with E-state index in [1.54, 1.807) is 6.92 Å². The van der Waals surface area contributed by atoms with Gasteiger partial charge < -0.3 is 5.32 Å². The van der Waals surface area contributed by atoms with E-state index < -0.39 is 0 Å². The van der Waals surface area contributed by atoms with Gasteiger partial charge in [-0.2, -0.15) is 0 Å². The predicted molar refractivity (Wildman–Crippen MR) is 106 cm³/mol. The maximum absolute atomic E-state index is 11.8. The molecule has 1 aromatic rings. The second-order valence-corrected chi connectivity index (χ2v) is 6.75. The number of pyridine rings is 1. The van der Waals surface area contributed by atoms with Crippen LogP contribution in [-0.4, -0.2) is 35.8 Å². The van der Waals surface area contributed by atoms with Gasteiger partial charge in [0.05, 0.1) is 0 Å². The Balaban J connectivity index is 2.16. The highest BCUT2D eigenvalue weighted by atomic mass is 16.1. The molecule has 1 aliphatic rings. The Morgan fingerprint density at radius 1 is 1.44 bits per heavy atom. The van der Waals surface area contributed by atoms with Gasteiger partial charge in [0.2, 0.25) is 0 Å². The Morgan fingerprint density at radius 2 is 2.16 bits per heavy atom. The smallest absolute Gasteiger partial charge is 0.159 e. The number of nitrogens with one attached hydrogen (secondary N) is 1. The third-order valence-electron chi connectivity index (χ3n) is 4.69. The number of rotatable bonds is 6. The zero-order chi connectivity index (χ0) is 18.6. The summed E-state index contributed by atoms with van der Waals surface area (Å²) in [5.74, 6) is 1.02. The van der Waals surface area contributed by atoms with E-state index in [4.69, 9.17) is 0 Å². The van der Waals surface area contributed by atoms with Crippen molar-refractivity contribution in [3.63, 3.8) is 0 Å². The summed E-state index contributed by atoms with van der Waals surface area (Å²) in [6, 6.07) is 2.17. The summed E-state index contributed by atoms with van der Waals surface area (Å²) in [6.07, 6.45) is 4.79. The molecule has 1 aliphatic heterocycles. The van der Waals surface area contributed by atoms with Crippen LogP contribution in [0.3, 0.4) is 0 Å². The summed E-state index contributed by atoms with van der Waals surface area (Å²) in [5, 5.41) is 3.12. The van der Waals surface area contributed by atoms with Crippen molar-refractivity contribution >= 4 is 17.2 Å². The maximum Gasteiger partial charge on any atom is 0.159 e. The molecular formula is C21H29N3O. The zero-order valence-electron chi connectivity index (χ0n) is 16.1. The van der Waals surface area contributed by atoms with Crippen molar-refractivity contribution in [2.75, 3.05) is 25.5 Å². The number of carbonyl (C=O) groups excluding carboxylic acids is 1. The van der Waals surface area contributed by atoms with Gasteiger partial charge in [0.25, 0.3) is 0 Å². The minimum absolute atomic E-state index is 0.156. The molecule has 0 atom stereocenters. The summed E-state index contributed by atoms with van der Waals surface area (Å²) in [4.78, 5) is 18.7. The van der Waals surface area contributed by atoms with Crippen molar-refractivity contribution in [1.82, 2.24) is 9.88 Å². The minimum atomic E-state index is 0.156. The van der Waals surface area contributed by atoms with Crippen LogP contribution in [-0.2, 0) is 11.3 Å². The SMILES string of the molecule is C=C(C)c1cc(CN2CCC(/C(=C\C)C(C)=O)=C(C)C2)cnc1NC. The Labute approximate surface area is 151 Å². The van der Waals surface area contributed by atoms with Crippen LogP contribution in [0.5, 0.6) is 0 Å². The highest BCUT2D eigenvalue weighted by molar-refractivity contribution is 5.97. The number of aromatic nitrogens is 1. The number of carbonyl (C=O) groups is 1. The van der Waals surface area contributed by atoms with Gasteiger partial charge in [-0.25, -0.2) is 4.98 Å². The normalized spacial score (nSPS) is 16.1. The molecule has 0 spiro atoms. The van der Waals surface area contributed by atoms with Crippen molar-refractivity contribution in [3.05, 3.63) is 52.8 Å². The summed E-state index contributed by atoms with van der Waals surface area (Å²) >= 11 is 0. The fourth-order valence-electron chi connectivity index (χ4n) is 3.46. The van der Waals surface area contributed by atoms with E-state index >= 15 is 0 Å². The molecule has 0 fully saturated rings. The molecular weight excluding hydrogens is 310 g/mol. The van der Waals surface area contributed by atoms with Gasteiger partial charge >= 0.3 is 0 Å². The van der Waals surface area contributed by atoms with Crippen molar-refractivity contribution in [2.24, 2.45) is 0 Å². The van der Waals surface area contributed by atoms with Crippen molar-refractivity contribution in [2.45, 2.75) is 40.7 Å². The van der Waals surface area contributed by atoms with E-state index in [1.165, 1.54) is 16.7 Å². The van der Waals surface area contributed by atoms with E-state index in [2.05, 4.69) is 34.8 Å². The molecule has 0 bridgehead atoms. The lowest BCUT2D eigenvalue weighted by Gasteiger charge is -2.30. The third kappa shape index (κ3) is 4.45. The largest absolute Gasteiger partial charge is 0.373 e. The quantitative estimate of drug-likeness (QED) is 0.789. The average Bonchev–Trinajstić information content (AvgIpc) is 2.57. The second kappa shape index (κ2) is 8.26. The van der Waals surface area contributed by atoms with Crippen LogP contribution < -0.4 is 5.32 Å². The fourth-order valence-corrected chi connectivity index (χ4v) is 3.46. The van der Waals surface area contributed by atoms with E-state index in [9.17, 15) is 4.79 Å². The Morgan fingerprint density at radius 3 is 2.68 bits per heavy atom. The Kier molecular flexibility index (Phi) is 6.32. The molecule has 4 heteroatoms. The molecule has 2 heterocycles. The number of ketones is 1. The van der Waals surface area contributed by atoms with E-state index in [-0.39, 0.29) is 5.78 Å². The van der Waals surface area contributed by atoms with Crippen molar-refractivity contribution in [1.29, 1.82) is 0 Å². The van der Waals surface area contributed by atoms with Gasteiger partial charge in [0.1, 0.15) is 5.82 Å². The van der Waals surface area contributed by atoms with Gasteiger partial charge in [-0.1, -0.05) is 18.2 Å². The first-order valence-electron chi connectivity index (χ1n) is 8.78. The van der Waals surface area contributed by atoms with E-state index in [1.807, 2.05) is 33.2 Å². The van der Waals surface area contributed by atoms with Crippen LogP contribution in [0.4, 0.5) is 5.82 Å². The molecule has 0 aliphatic carbocycles. The second-order valence-electron chi connectivity index (χ2n) is 6.75. The minimum Gasteiger partial charge on any atom is -0.373 e. The summed E-state index contributed by atoms with van der Waals surface area (Å²) in [5.41, 5.74) is 6.65. The van der Waals surface area contributed by atoms with Gasteiger partial charge in [-0.3, -0.25) is 9.69 Å². The number of allylic oxidation sites excluding steroid dienone is 3. The summed E-state index contributed by atoms with van der Waals surface area (Å²) in [7, 11) is 1.88. The molecule has 0 unspecified atom stereocenters. The van der Waals surface area contributed by atoms with E-state index in [0.717, 1.165) is 48.6 Å². The number of Topliss-reactive ketones (excluding diaryl/α,β-unsaturated/α-hetero) is 1. The lowest BCUT2D eigenvalue weighted by atomic mass is 9.91. The summed E-state index contributed by atoms with van der Waals surface area (Å²) < 4.78 is 0. The molecule has 1 N–H and O–H groups in total. The third-order valence-corrected chi connectivity index (χ3v) is 4.69. The highest BCUT2D eigenvalue weighted by Gasteiger charge is 2.21. The average molecular weight is 339 g/mol. The van der Waals surface area contributed by atoms with Crippen LogP contribution in [0, 0.1) is 0 Å². The molecule has 1 aromatic heterocycles. The van der Waals surface area contributed by atoms with E-state index in [0.29, 0.717) is 0 Å². The van der Waals surface area contributed by atoms with Crippen LogP contribution in [0.25, 0.3) is 5.57 Å². The number of nitrogens with zero attached hydrogens (tertiary/aromatic N) is 2. The maximum atomic E-state index is 11.8. The first-order valence-corrected chi connectivity index (χ1v) is 8.78. The first-order chi connectivity index (χ1) is 11.9. The molecule has 25 heavy (non-hydrogen) atoms. The molecule has 2 rings (SSSR count). The fraction of sp³-hybridized carbons (Fsp3) is 0.429. The van der Waals surface area contributed by atoms with Crippen molar-refractivity contribution < 1.29 is 4.79 Å². The summed E-state index contributed by atoms with van der Waals surface area (Å²) in [6.45, 7) is 14.5. The lowest BCUT2D eigenvalue weighted by Crippen LogP contribution is -2.31. The first kappa shape index (κ1) is 19.1. The van der Waals surface area contributed by atoms with Crippen LogP contribution in [0.1, 0.15) is 45.2 Å². The monoisotopic (exact) mass is 339 g/mol. The standard InChI is InChI=1S/C21H29N3O/c1-7-18(16(5)25)19-8-9-24(12-15(19)4)13-17-10-20(14(2)3)21(22-6)23-11-17/h7,10-11H,2,8-9,12-13H2,1,3-6H3,(H,22,23)/b18-7-. The van der Waals surface area contributed by atoms with Gasteiger partial charge in [-0.15, -0.1) is 0 Å². The number of anilines is 1. The lowest BCUT2D eigenvalue weighted by molar-refractivity contribution is -0.113. The van der Waals surface area contributed by atoms with Gasteiger partial charge in [0.15, 0.2) is 5.78 Å². The molecule has 0 saturated heterocycles. The Bertz CT molecular complexity index is 744. The predicted octanol–water partition coefficient (Wildman–Crippen LogP) is 4.21. The molecule has 0 aromatic carbocycles. The molecule has 0 amide bonds. The Hall–Kier alpha value is -2.20. The van der Waals surface area contributed by atoms with Crippen LogP contribution in [0.15, 0.2) is 41.6 Å². The molecule has 0 radical (unpaired) electrons. The van der Waals surface area contributed by atoms with Crippen LogP contribution >= 0.6 is 0 Å². The molecule has 134 valence electrons. The van der Waals surface area contributed by atoms with Crippen molar-refractivity contribution in [3.8, 4) is 0 Å². The molecule has 4 nitrogen and oxygen atoms in total.